The SMILES string of the molecule is C1=C/CCCc2ccc(cc2)CCC/1. The first-order valence-corrected chi connectivity index (χ1v) is 5.68. The quantitative estimate of drug-likeness (QED) is 0.539. The minimum Gasteiger partial charge on any atom is -0.0885 e. The van der Waals surface area contributed by atoms with E-state index in [1.807, 2.05) is 0 Å². The van der Waals surface area contributed by atoms with Gasteiger partial charge in [-0.05, 0) is 49.7 Å². The molecule has 0 amide bonds. The van der Waals surface area contributed by atoms with E-state index in [2.05, 4.69) is 36.4 Å². The maximum atomic E-state index is 2.34. The van der Waals surface area contributed by atoms with E-state index in [0.29, 0.717) is 0 Å². The van der Waals surface area contributed by atoms with Crippen molar-refractivity contribution in [1.82, 2.24) is 0 Å². The molecule has 0 aromatic heterocycles. The molecule has 0 atom stereocenters. The first-order valence-electron chi connectivity index (χ1n) is 5.68. The van der Waals surface area contributed by atoms with Crippen LogP contribution in [0.5, 0.6) is 0 Å². The van der Waals surface area contributed by atoms with Crippen LogP contribution in [0.1, 0.15) is 36.8 Å². The summed E-state index contributed by atoms with van der Waals surface area (Å²) in [7, 11) is 0. The fourth-order valence-electron chi connectivity index (χ4n) is 1.96. The van der Waals surface area contributed by atoms with Gasteiger partial charge >= 0.3 is 0 Å². The monoisotopic (exact) mass is 186 g/mol. The van der Waals surface area contributed by atoms with Crippen LogP contribution >= 0.6 is 0 Å². The van der Waals surface area contributed by atoms with Crippen molar-refractivity contribution < 1.29 is 0 Å². The van der Waals surface area contributed by atoms with Crippen molar-refractivity contribution in [2.45, 2.75) is 38.5 Å². The summed E-state index contributed by atoms with van der Waals surface area (Å²) >= 11 is 0. The van der Waals surface area contributed by atoms with Crippen LogP contribution in [0.15, 0.2) is 36.4 Å². The third-order valence-electron chi connectivity index (χ3n) is 2.86. The lowest BCUT2D eigenvalue weighted by Gasteiger charge is -2.04. The van der Waals surface area contributed by atoms with Gasteiger partial charge in [-0.15, -0.1) is 0 Å². The summed E-state index contributed by atoms with van der Waals surface area (Å²) in [6.45, 7) is 0. The Balaban J connectivity index is 2.09. The number of rotatable bonds is 0. The highest BCUT2D eigenvalue weighted by Gasteiger charge is 1.96. The molecule has 14 heavy (non-hydrogen) atoms. The van der Waals surface area contributed by atoms with Gasteiger partial charge in [-0.3, -0.25) is 0 Å². The molecule has 0 unspecified atom stereocenters. The van der Waals surface area contributed by atoms with E-state index in [-0.39, 0.29) is 0 Å². The van der Waals surface area contributed by atoms with Gasteiger partial charge in [0.1, 0.15) is 0 Å². The second kappa shape index (κ2) is 4.99. The Morgan fingerprint density at radius 2 is 1.07 bits per heavy atom. The molecule has 0 nitrogen and oxygen atoms in total. The maximum absolute atomic E-state index is 2.34. The van der Waals surface area contributed by atoms with E-state index in [9.17, 15) is 0 Å². The normalized spacial score (nSPS) is 19.7. The predicted octanol–water partition coefficient (Wildman–Crippen LogP) is 3.90. The first-order chi connectivity index (χ1) is 6.95. The number of allylic oxidation sites excluding steroid dienone is 2. The van der Waals surface area contributed by atoms with Crippen molar-refractivity contribution in [3.05, 3.63) is 47.5 Å². The number of benzene rings is 1. The Kier molecular flexibility index (Phi) is 3.39. The molecule has 0 heteroatoms. The number of hydrogen-bond acceptors (Lipinski definition) is 0. The summed E-state index contributed by atoms with van der Waals surface area (Å²) in [5.74, 6) is 0. The average molecular weight is 186 g/mol. The van der Waals surface area contributed by atoms with Gasteiger partial charge in [0.05, 0.1) is 0 Å². The van der Waals surface area contributed by atoms with E-state index < -0.39 is 0 Å². The van der Waals surface area contributed by atoms with Crippen LogP contribution in [0.2, 0.25) is 0 Å². The Morgan fingerprint density at radius 1 is 0.643 bits per heavy atom. The molecular formula is C14H18. The van der Waals surface area contributed by atoms with E-state index in [1.165, 1.54) is 49.7 Å². The highest BCUT2D eigenvalue weighted by molar-refractivity contribution is 5.23. The zero-order valence-corrected chi connectivity index (χ0v) is 8.71. The van der Waals surface area contributed by atoms with Gasteiger partial charge in [0.15, 0.2) is 0 Å². The molecule has 2 aliphatic carbocycles. The fourth-order valence-corrected chi connectivity index (χ4v) is 1.96. The van der Waals surface area contributed by atoms with Crippen LogP contribution in [0.3, 0.4) is 0 Å². The number of aryl methyl sites for hydroxylation is 2. The summed E-state index contributed by atoms with van der Waals surface area (Å²) in [5, 5.41) is 0. The van der Waals surface area contributed by atoms with Gasteiger partial charge in [-0.2, -0.15) is 0 Å². The molecule has 0 heterocycles. The summed E-state index contributed by atoms with van der Waals surface area (Å²) in [4.78, 5) is 0. The Morgan fingerprint density at radius 3 is 1.50 bits per heavy atom. The second-order valence-corrected chi connectivity index (χ2v) is 4.07. The lowest BCUT2D eigenvalue weighted by molar-refractivity contribution is 0.808. The summed E-state index contributed by atoms with van der Waals surface area (Å²) in [6, 6.07) is 9.17. The van der Waals surface area contributed by atoms with E-state index in [4.69, 9.17) is 0 Å². The zero-order chi connectivity index (χ0) is 9.64. The van der Waals surface area contributed by atoms with Crippen LogP contribution in [0.4, 0.5) is 0 Å². The average Bonchev–Trinajstić information content (AvgIpc) is 2.20. The Hall–Kier alpha value is -1.04. The molecule has 2 bridgehead atoms. The van der Waals surface area contributed by atoms with E-state index in [1.54, 1.807) is 0 Å². The zero-order valence-electron chi connectivity index (χ0n) is 8.71. The molecule has 0 saturated heterocycles. The van der Waals surface area contributed by atoms with Gasteiger partial charge in [0.25, 0.3) is 0 Å². The van der Waals surface area contributed by atoms with Crippen LogP contribution in [0, 0.1) is 0 Å². The standard InChI is InChI=1S/C14H18/c1-2-4-6-8-14-11-9-13(10-12-14)7-5-3-1/h1-2,9-12H,3-8H2/b2-1+. The molecule has 1 aromatic rings. The largest absolute Gasteiger partial charge is 0.0885 e. The number of hydrogen-bond donors (Lipinski definition) is 0. The van der Waals surface area contributed by atoms with Crippen molar-refractivity contribution in [3.8, 4) is 0 Å². The van der Waals surface area contributed by atoms with Crippen LogP contribution in [0.25, 0.3) is 0 Å². The van der Waals surface area contributed by atoms with Gasteiger partial charge < -0.3 is 0 Å². The van der Waals surface area contributed by atoms with Crippen molar-refractivity contribution >= 4 is 0 Å². The van der Waals surface area contributed by atoms with Crippen LogP contribution in [-0.2, 0) is 12.8 Å². The van der Waals surface area contributed by atoms with E-state index >= 15 is 0 Å². The van der Waals surface area contributed by atoms with Crippen molar-refractivity contribution in [3.63, 3.8) is 0 Å². The van der Waals surface area contributed by atoms with Crippen LogP contribution in [-0.4, -0.2) is 0 Å². The minimum atomic E-state index is 1.23. The molecule has 2 aliphatic rings. The molecule has 74 valence electrons. The van der Waals surface area contributed by atoms with Crippen molar-refractivity contribution in [2.75, 3.05) is 0 Å². The highest BCUT2D eigenvalue weighted by atomic mass is 14.0. The molecule has 0 spiro atoms. The highest BCUT2D eigenvalue weighted by Crippen LogP contribution is 2.12. The van der Waals surface area contributed by atoms with E-state index in [0.717, 1.165) is 0 Å². The lowest BCUT2D eigenvalue weighted by Crippen LogP contribution is -1.89. The molecule has 1 aromatic carbocycles. The Bertz CT molecular complexity index is 261. The molecule has 0 fully saturated rings. The first kappa shape index (κ1) is 9.51. The third kappa shape index (κ3) is 2.73. The maximum Gasteiger partial charge on any atom is -0.0276 e. The Labute approximate surface area is 86.7 Å². The topological polar surface area (TPSA) is 0 Å². The molecule has 0 saturated carbocycles. The molecule has 0 aliphatic heterocycles. The van der Waals surface area contributed by atoms with Gasteiger partial charge in [0, 0.05) is 0 Å². The second-order valence-electron chi connectivity index (χ2n) is 4.07. The lowest BCUT2D eigenvalue weighted by atomic mass is 10.0. The predicted molar refractivity (Wildman–Crippen MR) is 61.5 cm³/mol. The third-order valence-corrected chi connectivity index (χ3v) is 2.86. The fraction of sp³-hybridized carbons (Fsp3) is 0.429. The van der Waals surface area contributed by atoms with Gasteiger partial charge in [-0.1, -0.05) is 36.4 Å². The van der Waals surface area contributed by atoms with Crippen LogP contribution < -0.4 is 0 Å². The molecule has 3 rings (SSSR count). The van der Waals surface area contributed by atoms with Gasteiger partial charge in [0.2, 0.25) is 0 Å². The van der Waals surface area contributed by atoms with Gasteiger partial charge in [-0.25, -0.2) is 0 Å². The van der Waals surface area contributed by atoms with Crippen molar-refractivity contribution in [2.24, 2.45) is 0 Å². The minimum absolute atomic E-state index is 1.23. The molecule has 0 N–H and O–H groups in total. The van der Waals surface area contributed by atoms with Crippen molar-refractivity contribution in [1.29, 1.82) is 0 Å². The number of fused-ring (bicyclic) bond motifs is 8. The summed E-state index contributed by atoms with van der Waals surface area (Å²) < 4.78 is 0. The summed E-state index contributed by atoms with van der Waals surface area (Å²) in [5.41, 5.74) is 2.98. The smallest absolute Gasteiger partial charge is 0.0276 e. The summed E-state index contributed by atoms with van der Waals surface area (Å²) in [6.07, 6.45) is 12.2. The molecule has 0 radical (unpaired) electrons. The molecular weight excluding hydrogens is 168 g/mol.